The van der Waals surface area contributed by atoms with Gasteiger partial charge in [-0.15, -0.1) is 0 Å². The quantitative estimate of drug-likeness (QED) is 0.456. The molecule has 0 aliphatic rings. The monoisotopic (exact) mass is 326 g/mol. The maximum atomic E-state index is 12.2. The molecule has 0 aromatic heterocycles. The van der Waals surface area contributed by atoms with Gasteiger partial charge in [0.05, 0.1) is 25.2 Å². The van der Waals surface area contributed by atoms with Crippen LogP contribution in [0.4, 0.5) is 5.69 Å². The third kappa shape index (κ3) is 4.31. The summed E-state index contributed by atoms with van der Waals surface area (Å²) in [6.07, 6.45) is -1.09. The van der Waals surface area contributed by atoms with E-state index in [1.165, 1.54) is 21.1 Å². The number of nitro benzene ring substituents is 1. The summed E-state index contributed by atoms with van der Waals surface area (Å²) in [7, 11) is 2.65. The van der Waals surface area contributed by atoms with Crippen molar-refractivity contribution < 1.29 is 28.7 Å². The number of hydrogen-bond acceptors (Lipinski definition) is 7. The number of likely N-dealkylation sites (N-methyl/N-ethyl adjacent to an activating group) is 1. The Labute approximate surface area is 132 Å². The van der Waals surface area contributed by atoms with Crippen LogP contribution in [-0.2, 0) is 9.53 Å². The van der Waals surface area contributed by atoms with Crippen LogP contribution in [0.25, 0.3) is 0 Å². The number of ether oxygens (including phenoxy) is 3. The van der Waals surface area contributed by atoms with Crippen LogP contribution in [0.3, 0.4) is 0 Å². The summed E-state index contributed by atoms with van der Waals surface area (Å²) in [6, 6.07) is 2.20. The number of esters is 1. The van der Waals surface area contributed by atoms with Crippen molar-refractivity contribution in [2.75, 3.05) is 20.8 Å². The molecule has 9 nitrogen and oxygen atoms in total. The van der Waals surface area contributed by atoms with Gasteiger partial charge >= 0.3 is 5.97 Å². The van der Waals surface area contributed by atoms with Gasteiger partial charge in [-0.05, 0) is 13.8 Å². The zero-order valence-corrected chi connectivity index (χ0v) is 13.2. The van der Waals surface area contributed by atoms with Crippen molar-refractivity contribution in [3.63, 3.8) is 0 Å². The molecule has 0 saturated carbocycles. The number of nitrogens with zero attached hydrogens (tertiary/aromatic N) is 1. The second-order valence-corrected chi connectivity index (χ2v) is 4.42. The highest BCUT2D eigenvalue weighted by atomic mass is 16.6. The lowest BCUT2D eigenvalue weighted by Gasteiger charge is -2.14. The minimum atomic E-state index is -1.09. The number of benzene rings is 1. The maximum Gasteiger partial charge on any atom is 0.346 e. The molecule has 1 atom stereocenters. The average Bonchev–Trinajstić information content (AvgIpc) is 2.53. The number of carbonyl (C=O) groups is 2. The lowest BCUT2D eigenvalue weighted by Crippen LogP contribution is -2.35. The predicted molar refractivity (Wildman–Crippen MR) is 79.8 cm³/mol. The summed E-state index contributed by atoms with van der Waals surface area (Å²) < 4.78 is 14.9. The number of methoxy groups -OCH3 is 2. The smallest absolute Gasteiger partial charge is 0.346 e. The molecule has 0 radical (unpaired) electrons. The van der Waals surface area contributed by atoms with Gasteiger partial charge < -0.3 is 19.5 Å². The van der Waals surface area contributed by atoms with E-state index in [0.717, 1.165) is 12.1 Å². The van der Waals surface area contributed by atoms with E-state index < -0.39 is 28.6 Å². The van der Waals surface area contributed by atoms with Gasteiger partial charge in [0, 0.05) is 12.6 Å². The summed E-state index contributed by atoms with van der Waals surface area (Å²) in [6.45, 7) is 3.46. The van der Waals surface area contributed by atoms with Crippen LogP contribution in [0.1, 0.15) is 24.2 Å². The summed E-state index contributed by atoms with van der Waals surface area (Å²) in [5.74, 6) is -1.26. The largest absolute Gasteiger partial charge is 0.493 e. The first-order valence-corrected chi connectivity index (χ1v) is 6.74. The number of nitrogens with one attached hydrogen (secondary N) is 1. The van der Waals surface area contributed by atoms with Crippen LogP contribution in [-0.4, -0.2) is 43.7 Å². The fourth-order valence-corrected chi connectivity index (χ4v) is 1.78. The van der Waals surface area contributed by atoms with Gasteiger partial charge in [0.2, 0.25) is 0 Å². The first-order chi connectivity index (χ1) is 10.8. The van der Waals surface area contributed by atoms with E-state index in [9.17, 15) is 19.7 Å². The van der Waals surface area contributed by atoms with E-state index in [2.05, 4.69) is 5.32 Å². The van der Waals surface area contributed by atoms with Crippen LogP contribution >= 0.6 is 0 Å². The Hall–Kier alpha value is -2.84. The van der Waals surface area contributed by atoms with Gasteiger partial charge in [-0.3, -0.25) is 14.9 Å². The Balaban J connectivity index is 3.16. The van der Waals surface area contributed by atoms with Crippen molar-refractivity contribution in [1.29, 1.82) is 0 Å². The van der Waals surface area contributed by atoms with E-state index in [4.69, 9.17) is 14.2 Å². The van der Waals surface area contributed by atoms with Crippen molar-refractivity contribution >= 4 is 17.6 Å². The van der Waals surface area contributed by atoms with Crippen molar-refractivity contribution in [2.45, 2.75) is 20.0 Å². The zero-order valence-electron chi connectivity index (χ0n) is 13.2. The highest BCUT2D eigenvalue weighted by Crippen LogP contribution is 2.34. The van der Waals surface area contributed by atoms with Crippen LogP contribution in [0.15, 0.2) is 12.1 Å². The Kier molecular flexibility index (Phi) is 6.31. The zero-order chi connectivity index (χ0) is 17.6. The molecule has 126 valence electrons. The van der Waals surface area contributed by atoms with Gasteiger partial charge in [-0.25, -0.2) is 4.79 Å². The van der Waals surface area contributed by atoms with Crippen molar-refractivity contribution in [3.8, 4) is 11.5 Å². The third-order valence-corrected chi connectivity index (χ3v) is 2.92. The van der Waals surface area contributed by atoms with E-state index in [1.807, 2.05) is 0 Å². The number of amides is 1. The van der Waals surface area contributed by atoms with Gasteiger partial charge in [0.15, 0.2) is 17.6 Å². The van der Waals surface area contributed by atoms with Crippen molar-refractivity contribution in [2.24, 2.45) is 0 Å². The number of rotatable bonds is 7. The van der Waals surface area contributed by atoms with Crippen LogP contribution in [0, 0.1) is 10.1 Å². The Morgan fingerprint density at radius 1 is 1.26 bits per heavy atom. The molecule has 0 bridgehead atoms. The average molecular weight is 326 g/mol. The number of hydrogen-bond donors (Lipinski definition) is 1. The Bertz CT molecular complexity index is 615. The molecule has 1 aromatic carbocycles. The molecule has 0 aliphatic carbocycles. The topological polar surface area (TPSA) is 117 Å². The van der Waals surface area contributed by atoms with Gasteiger partial charge in [0.25, 0.3) is 11.6 Å². The molecule has 0 heterocycles. The lowest BCUT2D eigenvalue weighted by molar-refractivity contribution is -0.385. The lowest BCUT2D eigenvalue weighted by atomic mass is 10.1. The molecule has 1 aromatic rings. The van der Waals surface area contributed by atoms with E-state index >= 15 is 0 Å². The van der Waals surface area contributed by atoms with Crippen molar-refractivity contribution in [3.05, 3.63) is 27.8 Å². The van der Waals surface area contributed by atoms with Crippen LogP contribution in [0.2, 0.25) is 0 Å². The molecule has 0 saturated heterocycles. The molecule has 0 aliphatic heterocycles. The maximum absolute atomic E-state index is 12.2. The molecule has 1 N–H and O–H groups in total. The highest BCUT2D eigenvalue weighted by molar-refractivity contribution is 5.96. The summed E-state index contributed by atoms with van der Waals surface area (Å²) in [5.41, 5.74) is -0.834. The van der Waals surface area contributed by atoms with Crippen LogP contribution < -0.4 is 14.8 Å². The summed E-state index contributed by atoms with van der Waals surface area (Å²) in [5, 5.41) is 13.6. The molecular formula is C14H18N2O7. The normalized spacial score (nSPS) is 11.3. The van der Waals surface area contributed by atoms with Crippen LogP contribution in [0.5, 0.6) is 11.5 Å². The van der Waals surface area contributed by atoms with Crippen molar-refractivity contribution in [1.82, 2.24) is 5.32 Å². The summed E-state index contributed by atoms with van der Waals surface area (Å²) in [4.78, 5) is 34.1. The predicted octanol–water partition coefficient (Wildman–Crippen LogP) is 1.29. The second kappa shape index (κ2) is 7.97. The van der Waals surface area contributed by atoms with E-state index in [1.54, 1.807) is 6.92 Å². The highest BCUT2D eigenvalue weighted by Gasteiger charge is 2.28. The Morgan fingerprint density at radius 3 is 2.30 bits per heavy atom. The van der Waals surface area contributed by atoms with E-state index in [0.29, 0.717) is 6.54 Å². The first-order valence-electron chi connectivity index (χ1n) is 6.74. The first kappa shape index (κ1) is 18.2. The molecule has 0 unspecified atom stereocenters. The molecule has 9 heteroatoms. The molecular weight excluding hydrogens is 308 g/mol. The van der Waals surface area contributed by atoms with Gasteiger partial charge in [-0.1, -0.05) is 0 Å². The molecule has 23 heavy (non-hydrogen) atoms. The third-order valence-electron chi connectivity index (χ3n) is 2.92. The summed E-state index contributed by atoms with van der Waals surface area (Å²) >= 11 is 0. The minimum absolute atomic E-state index is 0.104. The number of nitro groups is 1. The SMILES string of the molecule is CCNC(=O)[C@H](C)OC(=O)c1cc(OC)c(OC)cc1[N+](=O)[O-]. The standard InChI is InChI=1S/C14H18N2O7/c1-5-15-13(17)8(2)23-14(18)9-6-11(21-3)12(22-4)7-10(9)16(19)20/h6-8H,5H2,1-4H3,(H,15,17)/t8-/m0/s1. The Morgan fingerprint density at radius 2 is 1.83 bits per heavy atom. The molecule has 1 amide bonds. The van der Waals surface area contributed by atoms with E-state index in [-0.39, 0.29) is 17.1 Å². The van der Waals surface area contributed by atoms with Gasteiger partial charge in [0.1, 0.15) is 5.56 Å². The molecule has 0 spiro atoms. The fraction of sp³-hybridized carbons (Fsp3) is 0.429. The minimum Gasteiger partial charge on any atom is -0.493 e. The second-order valence-electron chi connectivity index (χ2n) is 4.42. The molecule has 0 fully saturated rings. The van der Waals surface area contributed by atoms with Gasteiger partial charge in [-0.2, -0.15) is 0 Å². The molecule has 1 rings (SSSR count). The fourth-order valence-electron chi connectivity index (χ4n) is 1.78. The number of carbonyl (C=O) groups excluding carboxylic acids is 2.